The average Bonchev–Trinajstić information content (AvgIpc) is 2.75. The van der Waals surface area contributed by atoms with Crippen molar-refractivity contribution < 1.29 is 24.0 Å². The molecule has 0 radical (unpaired) electrons. The summed E-state index contributed by atoms with van der Waals surface area (Å²) in [4.78, 5) is 22.1. The van der Waals surface area contributed by atoms with Crippen molar-refractivity contribution in [3.05, 3.63) is 17.5 Å². The Balaban J connectivity index is 2.61. The first-order chi connectivity index (χ1) is 7.85. The number of carboxylic acid groups (broad SMARTS) is 1. The van der Waals surface area contributed by atoms with Crippen molar-refractivity contribution in [2.75, 3.05) is 13.7 Å². The predicted molar refractivity (Wildman–Crippen MR) is 56.9 cm³/mol. The number of hydrogen-bond acceptors (Lipinski definition) is 5. The Morgan fingerprint density at radius 1 is 1.59 bits per heavy atom. The summed E-state index contributed by atoms with van der Waals surface area (Å²) in [6.07, 6.45) is 0. The van der Waals surface area contributed by atoms with E-state index in [0.717, 1.165) is 6.07 Å². The molecule has 0 unspecified atom stereocenters. The van der Waals surface area contributed by atoms with Crippen molar-refractivity contribution in [1.82, 2.24) is 10.5 Å². The lowest BCUT2D eigenvalue weighted by atomic mass is 10.1. The van der Waals surface area contributed by atoms with Crippen LogP contribution < -0.4 is 5.32 Å². The van der Waals surface area contributed by atoms with Crippen molar-refractivity contribution in [3.8, 4) is 0 Å². The number of nitrogens with one attached hydrogen (secondary N) is 1. The Labute approximate surface area is 97.7 Å². The Bertz CT molecular complexity index is 424. The van der Waals surface area contributed by atoms with E-state index in [9.17, 15) is 9.59 Å². The Kier molecular flexibility index (Phi) is 3.84. The monoisotopic (exact) mass is 242 g/mol. The van der Waals surface area contributed by atoms with Crippen LogP contribution in [-0.2, 0) is 4.74 Å². The quantitative estimate of drug-likeness (QED) is 0.780. The van der Waals surface area contributed by atoms with Gasteiger partial charge in [-0.25, -0.2) is 4.79 Å². The van der Waals surface area contributed by atoms with Crippen LogP contribution in [0.2, 0.25) is 0 Å². The smallest absolute Gasteiger partial charge is 0.374 e. The molecule has 0 aliphatic carbocycles. The van der Waals surface area contributed by atoms with Gasteiger partial charge in [-0.1, -0.05) is 5.16 Å². The summed E-state index contributed by atoms with van der Waals surface area (Å²) in [7, 11) is 1.53. The zero-order valence-electron chi connectivity index (χ0n) is 9.81. The van der Waals surface area contributed by atoms with E-state index in [1.807, 2.05) is 0 Å². The van der Waals surface area contributed by atoms with Crippen molar-refractivity contribution >= 4 is 11.9 Å². The van der Waals surface area contributed by atoms with Crippen LogP contribution in [0.5, 0.6) is 0 Å². The third kappa shape index (κ3) is 3.56. The van der Waals surface area contributed by atoms with Crippen LogP contribution in [0.4, 0.5) is 0 Å². The molecule has 0 fully saturated rings. The molecule has 0 aliphatic heterocycles. The van der Waals surface area contributed by atoms with Crippen molar-refractivity contribution in [3.63, 3.8) is 0 Å². The molecule has 1 rings (SSSR count). The van der Waals surface area contributed by atoms with Gasteiger partial charge in [0.25, 0.3) is 5.91 Å². The number of rotatable bonds is 5. The van der Waals surface area contributed by atoms with Gasteiger partial charge in [0.05, 0.1) is 5.60 Å². The number of methoxy groups -OCH3 is 1. The molecule has 0 spiro atoms. The normalized spacial score (nSPS) is 11.2. The summed E-state index contributed by atoms with van der Waals surface area (Å²) in [6.45, 7) is 3.88. The minimum Gasteiger partial charge on any atom is -0.475 e. The molecule has 0 saturated carbocycles. The Hall–Kier alpha value is -1.89. The molecule has 2 N–H and O–H groups in total. The van der Waals surface area contributed by atoms with Gasteiger partial charge in [-0.05, 0) is 13.8 Å². The van der Waals surface area contributed by atoms with E-state index in [2.05, 4.69) is 15.0 Å². The highest BCUT2D eigenvalue weighted by Crippen LogP contribution is 2.07. The minimum atomic E-state index is -1.27. The molecule has 0 bridgehead atoms. The van der Waals surface area contributed by atoms with Crippen molar-refractivity contribution in [1.29, 1.82) is 0 Å². The second-order valence-corrected chi connectivity index (χ2v) is 4.03. The topological polar surface area (TPSA) is 102 Å². The van der Waals surface area contributed by atoms with Crippen LogP contribution in [0.1, 0.15) is 34.9 Å². The van der Waals surface area contributed by atoms with E-state index in [0.29, 0.717) is 0 Å². The fourth-order valence-electron chi connectivity index (χ4n) is 0.939. The maximum atomic E-state index is 11.6. The van der Waals surface area contributed by atoms with E-state index in [-0.39, 0.29) is 18.0 Å². The van der Waals surface area contributed by atoms with Gasteiger partial charge in [0.15, 0.2) is 5.69 Å². The third-order valence-corrected chi connectivity index (χ3v) is 2.18. The van der Waals surface area contributed by atoms with Gasteiger partial charge in [-0.3, -0.25) is 4.79 Å². The van der Waals surface area contributed by atoms with Crippen molar-refractivity contribution in [2.24, 2.45) is 0 Å². The van der Waals surface area contributed by atoms with E-state index in [1.165, 1.54) is 7.11 Å². The number of hydrogen-bond donors (Lipinski definition) is 2. The molecule has 1 heterocycles. The SMILES string of the molecule is COC(C)(C)CNC(=O)c1cc(C(=O)O)on1. The Morgan fingerprint density at radius 3 is 2.71 bits per heavy atom. The van der Waals surface area contributed by atoms with Gasteiger partial charge in [0, 0.05) is 19.7 Å². The van der Waals surface area contributed by atoms with Gasteiger partial charge in [0.1, 0.15) is 0 Å². The molecule has 0 aliphatic rings. The van der Waals surface area contributed by atoms with Gasteiger partial charge in [-0.2, -0.15) is 0 Å². The maximum absolute atomic E-state index is 11.6. The van der Waals surface area contributed by atoms with Crippen LogP contribution in [0.3, 0.4) is 0 Å². The minimum absolute atomic E-state index is 0.0747. The van der Waals surface area contributed by atoms with E-state index >= 15 is 0 Å². The zero-order chi connectivity index (χ0) is 13.1. The molecule has 1 aromatic heterocycles. The predicted octanol–water partition coefficient (Wildman–Crippen LogP) is 0.528. The number of carbonyl (C=O) groups is 2. The van der Waals surface area contributed by atoms with Gasteiger partial charge >= 0.3 is 5.97 Å². The summed E-state index contributed by atoms with van der Waals surface area (Å²) in [5.74, 6) is -2.15. The molecule has 17 heavy (non-hydrogen) atoms. The highest BCUT2D eigenvalue weighted by molar-refractivity contribution is 5.94. The van der Waals surface area contributed by atoms with Crippen LogP contribution in [0, 0.1) is 0 Å². The molecule has 0 saturated heterocycles. The van der Waals surface area contributed by atoms with Gasteiger partial charge in [0.2, 0.25) is 5.76 Å². The number of carbonyl (C=O) groups excluding carboxylic acids is 1. The van der Waals surface area contributed by atoms with E-state index < -0.39 is 17.5 Å². The standard InChI is InChI=1S/C10H14N2O5/c1-10(2,16-3)5-11-8(13)6-4-7(9(14)15)17-12-6/h4H,5H2,1-3H3,(H,11,13)(H,14,15). The second kappa shape index (κ2) is 4.96. The first-order valence-corrected chi connectivity index (χ1v) is 4.89. The lowest BCUT2D eigenvalue weighted by molar-refractivity contribution is 0.0228. The fraction of sp³-hybridized carbons (Fsp3) is 0.500. The number of ether oxygens (including phenoxy) is 1. The molecule has 7 nitrogen and oxygen atoms in total. The van der Waals surface area contributed by atoms with Crippen molar-refractivity contribution in [2.45, 2.75) is 19.4 Å². The largest absolute Gasteiger partial charge is 0.475 e. The lowest BCUT2D eigenvalue weighted by Gasteiger charge is -2.22. The first kappa shape index (κ1) is 13.2. The zero-order valence-corrected chi connectivity index (χ0v) is 9.81. The molecule has 94 valence electrons. The number of aromatic carboxylic acids is 1. The van der Waals surface area contributed by atoms with Crippen LogP contribution >= 0.6 is 0 Å². The molecular formula is C10H14N2O5. The first-order valence-electron chi connectivity index (χ1n) is 4.89. The van der Waals surface area contributed by atoms with Gasteiger partial charge in [-0.15, -0.1) is 0 Å². The molecular weight excluding hydrogens is 228 g/mol. The number of aromatic nitrogens is 1. The molecule has 0 aromatic carbocycles. The van der Waals surface area contributed by atoms with E-state index in [4.69, 9.17) is 9.84 Å². The van der Waals surface area contributed by atoms with Gasteiger partial charge < -0.3 is 19.7 Å². The summed E-state index contributed by atoms with van der Waals surface area (Å²) in [6, 6.07) is 1.07. The van der Waals surface area contributed by atoms with Crippen LogP contribution in [-0.4, -0.2) is 41.4 Å². The molecule has 0 atom stereocenters. The molecule has 7 heteroatoms. The maximum Gasteiger partial charge on any atom is 0.374 e. The Morgan fingerprint density at radius 2 is 2.24 bits per heavy atom. The highest BCUT2D eigenvalue weighted by atomic mass is 16.5. The third-order valence-electron chi connectivity index (χ3n) is 2.18. The average molecular weight is 242 g/mol. The number of carboxylic acids is 1. The molecule has 1 amide bonds. The summed E-state index contributed by atoms with van der Waals surface area (Å²) in [5.41, 5.74) is -0.580. The van der Waals surface area contributed by atoms with E-state index in [1.54, 1.807) is 13.8 Å². The summed E-state index contributed by atoms with van der Waals surface area (Å²) >= 11 is 0. The number of amides is 1. The van der Waals surface area contributed by atoms with Crippen LogP contribution in [0.25, 0.3) is 0 Å². The number of nitrogens with zero attached hydrogens (tertiary/aromatic N) is 1. The molecule has 1 aromatic rings. The summed E-state index contributed by atoms with van der Waals surface area (Å²) in [5, 5.41) is 14.5. The lowest BCUT2D eigenvalue weighted by Crippen LogP contribution is -2.39. The highest BCUT2D eigenvalue weighted by Gasteiger charge is 2.20. The summed E-state index contributed by atoms with van der Waals surface area (Å²) < 4.78 is 9.58. The fourth-order valence-corrected chi connectivity index (χ4v) is 0.939. The second-order valence-electron chi connectivity index (χ2n) is 4.03. The van der Waals surface area contributed by atoms with Crippen LogP contribution in [0.15, 0.2) is 10.6 Å².